The number of nitrogens with zero attached hydrogens (tertiary/aromatic N) is 3. The molecular weight excluding hydrogens is 341 g/mol. The highest BCUT2D eigenvalue weighted by Crippen LogP contribution is 2.19. The van der Waals surface area contributed by atoms with Crippen molar-refractivity contribution in [3.05, 3.63) is 42.2 Å². The second-order valence-electron chi connectivity index (χ2n) is 5.85. The van der Waals surface area contributed by atoms with Gasteiger partial charge in [0.25, 0.3) is 5.91 Å². The Balaban J connectivity index is 1.52. The second kappa shape index (κ2) is 8.46. The van der Waals surface area contributed by atoms with Gasteiger partial charge in [-0.3, -0.25) is 4.79 Å². The van der Waals surface area contributed by atoms with Gasteiger partial charge in [-0.25, -0.2) is 4.39 Å². The first-order chi connectivity index (χ1) is 12.7. The van der Waals surface area contributed by atoms with Crippen molar-refractivity contribution in [2.45, 2.75) is 18.9 Å². The van der Waals surface area contributed by atoms with Gasteiger partial charge in [0.05, 0.1) is 13.7 Å². The summed E-state index contributed by atoms with van der Waals surface area (Å²) in [5.74, 6) is 0.163. The van der Waals surface area contributed by atoms with Crippen molar-refractivity contribution in [1.29, 1.82) is 0 Å². The van der Waals surface area contributed by atoms with E-state index in [2.05, 4.69) is 10.2 Å². The predicted molar refractivity (Wildman–Crippen MR) is 90.7 cm³/mol. The lowest BCUT2D eigenvalue weighted by Crippen LogP contribution is -2.46. The summed E-state index contributed by atoms with van der Waals surface area (Å²) in [5, 5.41) is 7.79. The Morgan fingerprint density at radius 2 is 2.00 bits per heavy atom. The third-order valence-corrected chi connectivity index (χ3v) is 4.03. The normalized spacial score (nSPS) is 16.8. The first-order valence-electron chi connectivity index (χ1n) is 8.35. The van der Waals surface area contributed by atoms with Gasteiger partial charge in [-0.1, -0.05) is 12.1 Å². The Bertz CT molecular complexity index is 741. The monoisotopic (exact) mass is 361 g/mol. The van der Waals surface area contributed by atoms with Crippen LogP contribution in [0, 0.1) is 5.82 Å². The molecule has 0 saturated carbocycles. The molecule has 7 nitrogen and oxygen atoms in total. The molecule has 0 radical (unpaired) electrons. The maximum absolute atomic E-state index is 13.5. The van der Waals surface area contributed by atoms with Crippen LogP contribution in [0.25, 0.3) is 0 Å². The molecule has 1 aromatic carbocycles. The number of piperidine rings is 1. The van der Waals surface area contributed by atoms with E-state index in [0.717, 1.165) is 12.8 Å². The Labute approximate surface area is 150 Å². The van der Waals surface area contributed by atoms with E-state index in [1.54, 1.807) is 29.2 Å². The number of halogens is 1. The number of benzene rings is 1. The number of carbonyl (C=O) groups is 1. The topological polar surface area (TPSA) is 73.8 Å². The minimum Gasteiger partial charge on any atom is -0.481 e. The molecule has 138 valence electrons. The summed E-state index contributed by atoms with van der Waals surface area (Å²) < 4.78 is 29.6. The molecule has 1 aliphatic heterocycles. The van der Waals surface area contributed by atoms with E-state index < -0.39 is 5.82 Å². The van der Waals surface area contributed by atoms with Crippen LogP contribution in [0.15, 0.2) is 36.4 Å². The summed E-state index contributed by atoms with van der Waals surface area (Å²) in [5.41, 5.74) is 0. The standard InChI is InChI=1S/C18H20FN3O4/c1-24-16-8-9-17(21-20-16)26-13-5-4-10-22(11-13)18(23)12-25-15-7-3-2-6-14(15)19/h2-3,6-9,13H,4-5,10-12H2,1H3. The van der Waals surface area contributed by atoms with Gasteiger partial charge >= 0.3 is 0 Å². The van der Waals surface area contributed by atoms with E-state index in [1.165, 1.54) is 19.2 Å². The first kappa shape index (κ1) is 17.9. The Hall–Kier alpha value is -2.90. The highest BCUT2D eigenvalue weighted by atomic mass is 19.1. The van der Waals surface area contributed by atoms with E-state index in [4.69, 9.17) is 14.2 Å². The molecule has 1 amide bonds. The number of para-hydroxylation sites is 1. The summed E-state index contributed by atoms with van der Waals surface area (Å²) in [7, 11) is 1.51. The van der Waals surface area contributed by atoms with Gasteiger partial charge in [0.15, 0.2) is 18.2 Å². The average molecular weight is 361 g/mol. The number of rotatable bonds is 6. The molecule has 1 fully saturated rings. The molecule has 2 heterocycles. The number of aromatic nitrogens is 2. The lowest BCUT2D eigenvalue weighted by molar-refractivity contribution is -0.136. The molecule has 0 aliphatic carbocycles. The van der Waals surface area contributed by atoms with Crippen molar-refractivity contribution in [3.8, 4) is 17.5 Å². The average Bonchev–Trinajstić information content (AvgIpc) is 2.68. The smallest absolute Gasteiger partial charge is 0.260 e. The van der Waals surface area contributed by atoms with Crippen LogP contribution in [-0.2, 0) is 4.79 Å². The molecule has 1 saturated heterocycles. The van der Waals surface area contributed by atoms with Gasteiger partial charge in [-0.05, 0) is 25.0 Å². The van der Waals surface area contributed by atoms with Crippen LogP contribution in [0.5, 0.6) is 17.5 Å². The van der Waals surface area contributed by atoms with E-state index >= 15 is 0 Å². The third-order valence-electron chi connectivity index (χ3n) is 4.03. The molecule has 3 rings (SSSR count). The quantitative estimate of drug-likeness (QED) is 0.784. The number of amides is 1. The fourth-order valence-corrected chi connectivity index (χ4v) is 2.70. The molecule has 1 aliphatic rings. The van der Waals surface area contributed by atoms with Crippen molar-refractivity contribution in [2.24, 2.45) is 0 Å². The number of likely N-dealkylation sites (tertiary alicyclic amines) is 1. The molecule has 8 heteroatoms. The SMILES string of the molecule is COc1ccc(OC2CCCN(C(=O)COc3ccccc3F)C2)nn1. The fourth-order valence-electron chi connectivity index (χ4n) is 2.70. The van der Waals surface area contributed by atoms with E-state index in [0.29, 0.717) is 24.8 Å². The zero-order valence-electron chi connectivity index (χ0n) is 14.4. The molecule has 0 N–H and O–H groups in total. The highest BCUT2D eigenvalue weighted by molar-refractivity contribution is 5.77. The zero-order chi connectivity index (χ0) is 18.4. The van der Waals surface area contributed by atoms with Crippen molar-refractivity contribution in [1.82, 2.24) is 15.1 Å². The predicted octanol–water partition coefficient (Wildman–Crippen LogP) is 2.07. The first-order valence-corrected chi connectivity index (χ1v) is 8.35. The summed E-state index contributed by atoms with van der Waals surface area (Å²) in [6, 6.07) is 9.35. The summed E-state index contributed by atoms with van der Waals surface area (Å²) in [4.78, 5) is 14.0. The molecule has 2 aromatic rings. The zero-order valence-corrected chi connectivity index (χ0v) is 14.4. The molecule has 1 unspecified atom stereocenters. The number of ether oxygens (including phenoxy) is 3. The fraction of sp³-hybridized carbons (Fsp3) is 0.389. The summed E-state index contributed by atoms with van der Waals surface area (Å²) >= 11 is 0. The van der Waals surface area contributed by atoms with Gasteiger partial charge in [0.2, 0.25) is 11.8 Å². The molecule has 0 bridgehead atoms. The lowest BCUT2D eigenvalue weighted by Gasteiger charge is -2.32. The molecule has 0 spiro atoms. The van der Waals surface area contributed by atoms with Crippen LogP contribution < -0.4 is 14.2 Å². The maximum atomic E-state index is 13.5. The Morgan fingerprint density at radius 3 is 2.73 bits per heavy atom. The van der Waals surface area contributed by atoms with Crippen LogP contribution in [0.2, 0.25) is 0 Å². The largest absolute Gasteiger partial charge is 0.481 e. The third kappa shape index (κ3) is 4.59. The van der Waals surface area contributed by atoms with Crippen molar-refractivity contribution >= 4 is 5.91 Å². The van der Waals surface area contributed by atoms with E-state index in [-0.39, 0.29) is 24.4 Å². The van der Waals surface area contributed by atoms with Crippen LogP contribution in [-0.4, -0.2) is 53.9 Å². The molecule has 1 atom stereocenters. The lowest BCUT2D eigenvalue weighted by atomic mass is 10.1. The van der Waals surface area contributed by atoms with Crippen molar-refractivity contribution in [2.75, 3.05) is 26.8 Å². The second-order valence-corrected chi connectivity index (χ2v) is 5.85. The van der Waals surface area contributed by atoms with E-state index in [9.17, 15) is 9.18 Å². The Kier molecular flexibility index (Phi) is 5.83. The van der Waals surface area contributed by atoms with Crippen molar-refractivity contribution in [3.63, 3.8) is 0 Å². The molecular formula is C18H20FN3O4. The Morgan fingerprint density at radius 1 is 1.23 bits per heavy atom. The summed E-state index contributed by atoms with van der Waals surface area (Å²) in [6.07, 6.45) is 1.44. The number of hydrogen-bond acceptors (Lipinski definition) is 6. The van der Waals surface area contributed by atoms with Crippen LogP contribution in [0.3, 0.4) is 0 Å². The number of carbonyl (C=O) groups excluding carboxylic acids is 1. The number of methoxy groups -OCH3 is 1. The van der Waals surface area contributed by atoms with Crippen LogP contribution in [0.4, 0.5) is 4.39 Å². The van der Waals surface area contributed by atoms with Gasteiger partial charge < -0.3 is 19.1 Å². The van der Waals surface area contributed by atoms with Gasteiger partial charge in [0.1, 0.15) is 6.10 Å². The minimum atomic E-state index is -0.488. The van der Waals surface area contributed by atoms with Crippen molar-refractivity contribution < 1.29 is 23.4 Å². The summed E-state index contributed by atoms with van der Waals surface area (Å²) in [6.45, 7) is 0.830. The highest BCUT2D eigenvalue weighted by Gasteiger charge is 2.25. The maximum Gasteiger partial charge on any atom is 0.260 e. The molecule has 26 heavy (non-hydrogen) atoms. The van der Waals surface area contributed by atoms with Crippen LogP contribution in [0.1, 0.15) is 12.8 Å². The number of hydrogen-bond donors (Lipinski definition) is 0. The van der Waals surface area contributed by atoms with Crippen LogP contribution >= 0.6 is 0 Å². The van der Waals surface area contributed by atoms with E-state index in [1.807, 2.05) is 0 Å². The van der Waals surface area contributed by atoms with Gasteiger partial charge in [-0.2, -0.15) is 0 Å². The van der Waals surface area contributed by atoms with Gasteiger partial charge in [0, 0.05) is 18.7 Å². The minimum absolute atomic E-state index is 0.0687. The van der Waals surface area contributed by atoms with Gasteiger partial charge in [-0.15, -0.1) is 10.2 Å². The molecule has 1 aromatic heterocycles.